The highest BCUT2D eigenvalue weighted by Crippen LogP contribution is 2.30. The van der Waals surface area contributed by atoms with Crippen LogP contribution in [0.4, 0.5) is 5.82 Å². The first-order chi connectivity index (χ1) is 18.0. The van der Waals surface area contributed by atoms with Crippen molar-refractivity contribution in [2.75, 3.05) is 26.1 Å². The van der Waals surface area contributed by atoms with Crippen molar-refractivity contribution in [3.63, 3.8) is 0 Å². The molecule has 8 nitrogen and oxygen atoms in total. The van der Waals surface area contributed by atoms with Gasteiger partial charge in [-0.15, -0.1) is 0 Å². The SMILES string of the molecule is CCOC(=O)c1cnn(-c2ccccc2)c1NC(=O)/C(=C/c1ccc(OC)c(OC)c1)c1ccccc1. The van der Waals surface area contributed by atoms with Crippen LogP contribution in [0.3, 0.4) is 0 Å². The molecule has 0 spiro atoms. The van der Waals surface area contributed by atoms with E-state index in [9.17, 15) is 9.59 Å². The topological polar surface area (TPSA) is 91.7 Å². The molecule has 0 saturated carbocycles. The number of nitrogens with zero attached hydrogens (tertiary/aromatic N) is 2. The first-order valence-corrected chi connectivity index (χ1v) is 11.7. The lowest BCUT2D eigenvalue weighted by molar-refractivity contribution is -0.111. The van der Waals surface area contributed by atoms with E-state index in [1.807, 2.05) is 66.7 Å². The monoisotopic (exact) mass is 497 g/mol. The summed E-state index contributed by atoms with van der Waals surface area (Å²) in [6.07, 6.45) is 3.14. The molecule has 0 atom stereocenters. The van der Waals surface area contributed by atoms with Gasteiger partial charge in [-0.05, 0) is 48.4 Å². The molecule has 4 aromatic rings. The van der Waals surface area contributed by atoms with Crippen LogP contribution in [0.2, 0.25) is 0 Å². The van der Waals surface area contributed by atoms with Gasteiger partial charge in [0.05, 0.1) is 32.7 Å². The Kier molecular flexibility index (Phi) is 8.00. The molecule has 1 amide bonds. The highest BCUT2D eigenvalue weighted by Gasteiger charge is 2.23. The van der Waals surface area contributed by atoms with Crippen molar-refractivity contribution in [1.82, 2.24) is 9.78 Å². The minimum absolute atomic E-state index is 0.151. The summed E-state index contributed by atoms with van der Waals surface area (Å²) in [6.45, 7) is 1.91. The Morgan fingerprint density at radius 3 is 2.24 bits per heavy atom. The van der Waals surface area contributed by atoms with Crippen molar-refractivity contribution < 1.29 is 23.8 Å². The molecule has 3 aromatic carbocycles. The normalized spacial score (nSPS) is 11.1. The third-order valence-corrected chi connectivity index (χ3v) is 5.55. The molecule has 0 radical (unpaired) electrons. The zero-order chi connectivity index (χ0) is 26.2. The number of hydrogen-bond acceptors (Lipinski definition) is 6. The highest BCUT2D eigenvalue weighted by atomic mass is 16.5. The number of esters is 1. The van der Waals surface area contributed by atoms with Crippen LogP contribution in [0.15, 0.2) is 85.1 Å². The predicted octanol–water partition coefficient (Wildman–Crippen LogP) is 5.25. The molecular weight excluding hydrogens is 470 g/mol. The number of hydrogen-bond donors (Lipinski definition) is 1. The lowest BCUT2D eigenvalue weighted by Crippen LogP contribution is -2.19. The molecule has 0 aliphatic rings. The van der Waals surface area contributed by atoms with E-state index < -0.39 is 11.9 Å². The van der Waals surface area contributed by atoms with E-state index in [-0.39, 0.29) is 18.0 Å². The van der Waals surface area contributed by atoms with Gasteiger partial charge < -0.3 is 19.5 Å². The first kappa shape index (κ1) is 25.2. The molecule has 37 heavy (non-hydrogen) atoms. The summed E-state index contributed by atoms with van der Waals surface area (Å²) < 4.78 is 17.5. The molecule has 0 aliphatic carbocycles. The molecule has 4 rings (SSSR count). The molecule has 188 valence electrons. The quantitative estimate of drug-likeness (QED) is 0.193. The summed E-state index contributed by atoms with van der Waals surface area (Å²) in [7, 11) is 3.12. The van der Waals surface area contributed by atoms with E-state index >= 15 is 0 Å². The molecule has 1 N–H and O–H groups in total. The van der Waals surface area contributed by atoms with Gasteiger partial charge in [-0.3, -0.25) is 4.79 Å². The lowest BCUT2D eigenvalue weighted by atomic mass is 10.0. The van der Waals surface area contributed by atoms with Gasteiger partial charge in [0.2, 0.25) is 0 Å². The van der Waals surface area contributed by atoms with Crippen LogP contribution in [0, 0.1) is 0 Å². The minimum atomic E-state index is -0.579. The van der Waals surface area contributed by atoms with Crippen LogP contribution in [0.25, 0.3) is 17.3 Å². The maximum absolute atomic E-state index is 13.8. The Morgan fingerprint density at radius 1 is 0.919 bits per heavy atom. The average Bonchev–Trinajstić information content (AvgIpc) is 3.36. The summed E-state index contributed by atoms with van der Waals surface area (Å²) in [4.78, 5) is 26.5. The van der Waals surface area contributed by atoms with Crippen LogP contribution >= 0.6 is 0 Å². The van der Waals surface area contributed by atoms with E-state index in [1.54, 1.807) is 39.4 Å². The second-order valence-electron chi connectivity index (χ2n) is 7.87. The Bertz CT molecular complexity index is 1410. The summed E-state index contributed by atoms with van der Waals surface area (Å²) >= 11 is 0. The van der Waals surface area contributed by atoms with Crippen molar-refractivity contribution in [2.24, 2.45) is 0 Å². The number of benzene rings is 3. The maximum Gasteiger partial charge on any atom is 0.343 e. The molecule has 0 fully saturated rings. The molecule has 0 unspecified atom stereocenters. The lowest BCUT2D eigenvalue weighted by Gasteiger charge is -2.14. The number of carbonyl (C=O) groups is 2. The largest absolute Gasteiger partial charge is 0.493 e. The number of ether oxygens (including phenoxy) is 3. The van der Waals surface area contributed by atoms with E-state index in [4.69, 9.17) is 14.2 Å². The smallest absolute Gasteiger partial charge is 0.343 e. The van der Waals surface area contributed by atoms with Crippen molar-refractivity contribution >= 4 is 29.3 Å². The van der Waals surface area contributed by atoms with E-state index in [0.717, 1.165) is 5.56 Å². The molecule has 0 saturated heterocycles. The number of para-hydroxylation sites is 1. The standard InChI is InChI=1S/C29H27N3O5/c1-4-37-29(34)24-19-30-32(22-13-9-6-10-14-22)27(24)31-28(33)23(21-11-7-5-8-12-21)17-20-15-16-25(35-2)26(18-20)36-3/h5-19H,4H2,1-3H3,(H,31,33)/b23-17+. The third kappa shape index (κ3) is 5.70. The van der Waals surface area contributed by atoms with Gasteiger partial charge >= 0.3 is 5.97 Å². The fourth-order valence-electron chi connectivity index (χ4n) is 3.77. The third-order valence-electron chi connectivity index (χ3n) is 5.55. The Morgan fingerprint density at radius 2 is 1.59 bits per heavy atom. The van der Waals surface area contributed by atoms with Gasteiger partial charge in [-0.25, -0.2) is 9.48 Å². The van der Waals surface area contributed by atoms with Crippen molar-refractivity contribution in [3.05, 3.63) is 102 Å². The van der Waals surface area contributed by atoms with E-state index in [0.29, 0.717) is 28.3 Å². The molecule has 1 aromatic heterocycles. The van der Waals surface area contributed by atoms with Crippen LogP contribution in [0.5, 0.6) is 11.5 Å². The predicted molar refractivity (Wildman–Crippen MR) is 142 cm³/mol. The number of amides is 1. The van der Waals surface area contributed by atoms with Gasteiger partial charge in [0.15, 0.2) is 17.3 Å². The van der Waals surface area contributed by atoms with Gasteiger partial charge in [-0.2, -0.15) is 5.10 Å². The van der Waals surface area contributed by atoms with Crippen molar-refractivity contribution in [2.45, 2.75) is 6.92 Å². The van der Waals surface area contributed by atoms with E-state index in [2.05, 4.69) is 10.4 Å². The van der Waals surface area contributed by atoms with Gasteiger partial charge in [0.1, 0.15) is 5.56 Å². The zero-order valence-electron chi connectivity index (χ0n) is 20.8. The molecule has 1 heterocycles. The molecule has 0 aliphatic heterocycles. The average molecular weight is 498 g/mol. The van der Waals surface area contributed by atoms with Crippen LogP contribution in [0.1, 0.15) is 28.4 Å². The summed E-state index contributed by atoms with van der Waals surface area (Å²) in [6, 6.07) is 23.9. The first-order valence-electron chi connectivity index (χ1n) is 11.7. The second kappa shape index (κ2) is 11.7. The zero-order valence-corrected chi connectivity index (χ0v) is 20.8. The Labute approximate surface area is 215 Å². The fraction of sp³-hybridized carbons (Fsp3) is 0.138. The molecular formula is C29H27N3O5. The number of aromatic nitrogens is 2. The molecule has 8 heteroatoms. The Hall–Kier alpha value is -4.85. The number of rotatable bonds is 9. The second-order valence-corrected chi connectivity index (χ2v) is 7.87. The van der Waals surface area contributed by atoms with Crippen LogP contribution < -0.4 is 14.8 Å². The number of nitrogens with one attached hydrogen (secondary N) is 1. The summed E-state index contributed by atoms with van der Waals surface area (Å²) in [5, 5.41) is 7.26. The maximum atomic E-state index is 13.8. The van der Waals surface area contributed by atoms with Crippen LogP contribution in [-0.4, -0.2) is 42.5 Å². The Balaban J connectivity index is 1.79. The summed E-state index contributed by atoms with van der Waals surface area (Å²) in [5.41, 5.74) is 2.63. The van der Waals surface area contributed by atoms with Gasteiger partial charge in [0, 0.05) is 5.57 Å². The highest BCUT2D eigenvalue weighted by molar-refractivity contribution is 6.29. The van der Waals surface area contributed by atoms with Crippen LogP contribution in [-0.2, 0) is 9.53 Å². The molecule has 0 bridgehead atoms. The van der Waals surface area contributed by atoms with Crippen molar-refractivity contribution in [1.29, 1.82) is 0 Å². The minimum Gasteiger partial charge on any atom is -0.493 e. The summed E-state index contributed by atoms with van der Waals surface area (Å²) in [5.74, 6) is 0.324. The number of carbonyl (C=O) groups excluding carboxylic acids is 2. The van der Waals surface area contributed by atoms with Gasteiger partial charge in [0.25, 0.3) is 5.91 Å². The fourth-order valence-corrected chi connectivity index (χ4v) is 3.77. The number of methoxy groups -OCH3 is 2. The van der Waals surface area contributed by atoms with Crippen molar-refractivity contribution in [3.8, 4) is 17.2 Å². The van der Waals surface area contributed by atoms with Gasteiger partial charge in [-0.1, -0.05) is 54.6 Å². The number of anilines is 1. The van der Waals surface area contributed by atoms with E-state index in [1.165, 1.54) is 10.9 Å².